The lowest BCUT2D eigenvalue weighted by Crippen LogP contribution is -2.58. The zero-order chi connectivity index (χ0) is 39.5. The minimum absolute atomic E-state index is 0.118. The Bertz CT molecular complexity index is 2290. The first-order chi connectivity index (χ1) is 27.1. The van der Waals surface area contributed by atoms with Crippen LogP contribution in [0.15, 0.2) is 122 Å². The molecule has 14 heteroatoms. The van der Waals surface area contributed by atoms with E-state index >= 15 is 0 Å². The van der Waals surface area contributed by atoms with Crippen molar-refractivity contribution in [2.75, 3.05) is 19.5 Å². The Labute approximate surface area is 321 Å². The monoisotopic (exact) mass is 757 g/mol. The van der Waals surface area contributed by atoms with Crippen LogP contribution in [0.5, 0.6) is 11.5 Å². The van der Waals surface area contributed by atoms with Crippen LogP contribution in [0.2, 0.25) is 0 Å². The Hall–Kier alpha value is -6.48. The molecule has 1 amide bonds. The Morgan fingerprint density at radius 3 is 1.98 bits per heavy atom. The van der Waals surface area contributed by atoms with Gasteiger partial charge in [-0.25, -0.2) is 15.0 Å². The number of hydrogen-bond donors (Lipinski definition) is 4. The van der Waals surface area contributed by atoms with E-state index < -0.39 is 66.4 Å². The van der Waals surface area contributed by atoms with Gasteiger partial charge in [0.15, 0.2) is 28.4 Å². The van der Waals surface area contributed by atoms with Crippen molar-refractivity contribution >= 4 is 34.6 Å². The predicted octanol–water partition coefficient (Wildman–Crippen LogP) is 4.94. The molecule has 4 aromatic carbocycles. The Morgan fingerprint density at radius 2 is 1.41 bits per heavy atom. The highest BCUT2D eigenvalue weighted by atomic mass is 16.6. The van der Waals surface area contributed by atoms with Crippen molar-refractivity contribution in [1.29, 1.82) is 0 Å². The number of carboxylic acids is 1. The first-order valence-electron chi connectivity index (χ1n) is 17.8. The molecule has 0 saturated carbocycles. The SMILES string of the molecule is COc1ccc(C(c2ccccc2)(c2ccc(OC)cc2)C(O)[C@H]2O[C@@H](n3cnc4c(NC(=O)c5ccccc5)ncnc43)C[C@@]2(O)C(=O)CCC(=O)O)cc1. The Balaban J connectivity index is 1.37. The highest BCUT2D eigenvalue weighted by Crippen LogP contribution is 2.50. The van der Waals surface area contributed by atoms with Crippen LogP contribution in [0.4, 0.5) is 5.82 Å². The van der Waals surface area contributed by atoms with Gasteiger partial charge in [0, 0.05) is 18.4 Å². The molecule has 0 radical (unpaired) electrons. The van der Waals surface area contributed by atoms with Crippen LogP contribution >= 0.6 is 0 Å². The number of imidazole rings is 1. The summed E-state index contributed by atoms with van der Waals surface area (Å²) in [4.78, 5) is 51.9. The number of fused-ring (bicyclic) bond motifs is 1. The maximum absolute atomic E-state index is 14.1. The van der Waals surface area contributed by atoms with E-state index in [4.69, 9.17) is 14.2 Å². The van der Waals surface area contributed by atoms with Crippen molar-refractivity contribution in [3.63, 3.8) is 0 Å². The number of amides is 1. The van der Waals surface area contributed by atoms with Gasteiger partial charge in [-0.05, 0) is 53.1 Å². The molecule has 1 saturated heterocycles. The zero-order valence-electron chi connectivity index (χ0n) is 30.5. The first kappa shape index (κ1) is 37.8. The van der Waals surface area contributed by atoms with Gasteiger partial charge < -0.3 is 34.8 Å². The van der Waals surface area contributed by atoms with Crippen molar-refractivity contribution in [3.8, 4) is 11.5 Å². The van der Waals surface area contributed by atoms with Crippen molar-refractivity contribution in [1.82, 2.24) is 19.5 Å². The number of methoxy groups -OCH3 is 2. The molecule has 2 aromatic heterocycles. The van der Waals surface area contributed by atoms with Crippen molar-refractivity contribution < 1.29 is 43.9 Å². The van der Waals surface area contributed by atoms with E-state index in [1.165, 1.54) is 31.4 Å². The highest BCUT2D eigenvalue weighted by Gasteiger charge is 2.61. The van der Waals surface area contributed by atoms with Crippen LogP contribution in [0, 0.1) is 0 Å². The second-order valence-electron chi connectivity index (χ2n) is 13.4. The number of rotatable bonds is 14. The molecule has 4 atom stereocenters. The minimum Gasteiger partial charge on any atom is -0.497 e. The average Bonchev–Trinajstić information content (AvgIpc) is 3.83. The molecule has 0 spiro atoms. The van der Waals surface area contributed by atoms with E-state index in [9.17, 15) is 29.7 Å². The summed E-state index contributed by atoms with van der Waals surface area (Å²) in [7, 11) is 3.08. The average molecular weight is 758 g/mol. The number of hydrogen-bond acceptors (Lipinski definition) is 11. The first-order valence-corrected chi connectivity index (χ1v) is 17.8. The molecule has 3 heterocycles. The maximum Gasteiger partial charge on any atom is 0.303 e. The highest BCUT2D eigenvalue weighted by molar-refractivity contribution is 6.06. The number of nitrogens with zero attached hydrogens (tertiary/aromatic N) is 4. The van der Waals surface area contributed by atoms with Crippen LogP contribution in [0.25, 0.3) is 11.2 Å². The molecule has 0 bridgehead atoms. The van der Waals surface area contributed by atoms with Gasteiger partial charge in [0.2, 0.25) is 0 Å². The number of carbonyl (C=O) groups is 3. The van der Waals surface area contributed by atoms with Gasteiger partial charge >= 0.3 is 5.97 Å². The molecule has 1 aliphatic rings. The van der Waals surface area contributed by atoms with E-state index in [0.29, 0.717) is 33.8 Å². The summed E-state index contributed by atoms with van der Waals surface area (Å²) >= 11 is 0. The number of carbonyl (C=O) groups excluding carboxylic acids is 2. The fraction of sp³-hybridized carbons (Fsp3) is 0.238. The smallest absolute Gasteiger partial charge is 0.303 e. The summed E-state index contributed by atoms with van der Waals surface area (Å²) in [6.45, 7) is 0. The maximum atomic E-state index is 14.1. The minimum atomic E-state index is -2.41. The van der Waals surface area contributed by atoms with E-state index in [1.807, 2.05) is 30.3 Å². The summed E-state index contributed by atoms with van der Waals surface area (Å²) in [6, 6.07) is 31.9. The second-order valence-corrected chi connectivity index (χ2v) is 13.4. The van der Waals surface area contributed by atoms with Crippen molar-refractivity contribution in [3.05, 3.63) is 144 Å². The summed E-state index contributed by atoms with van der Waals surface area (Å²) in [5, 5.41) is 38.0. The normalized spacial score (nSPS) is 18.6. The Morgan fingerprint density at radius 1 is 0.839 bits per heavy atom. The summed E-state index contributed by atoms with van der Waals surface area (Å²) in [6.07, 6.45) is -3.35. The molecule has 1 aliphatic heterocycles. The number of carboxylic acid groups (broad SMARTS) is 1. The fourth-order valence-corrected chi connectivity index (χ4v) is 7.49. The predicted molar refractivity (Wildman–Crippen MR) is 203 cm³/mol. The number of aliphatic hydroxyl groups excluding tert-OH is 1. The molecule has 7 rings (SSSR count). The third kappa shape index (κ3) is 6.85. The molecule has 6 aromatic rings. The van der Waals surface area contributed by atoms with E-state index in [-0.39, 0.29) is 17.0 Å². The number of Topliss-reactive ketones (excluding diaryl/α,β-unsaturated/α-hetero) is 1. The molecular formula is C42H39N5O9. The van der Waals surface area contributed by atoms with Gasteiger partial charge in [-0.2, -0.15) is 0 Å². The largest absolute Gasteiger partial charge is 0.497 e. The van der Waals surface area contributed by atoms with Crippen LogP contribution in [0.3, 0.4) is 0 Å². The lowest BCUT2D eigenvalue weighted by Gasteiger charge is -2.44. The van der Waals surface area contributed by atoms with Gasteiger partial charge in [0.25, 0.3) is 5.91 Å². The van der Waals surface area contributed by atoms with Gasteiger partial charge in [-0.1, -0.05) is 72.8 Å². The topological polar surface area (TPSA) is 195 Å². The van der Waals surface area contributed by atoms with Crippen molar-refractivity contribution in [2.24, 2.45) is 0 Å². The van der Waals surface area contributed by atoms with Gasteiger partial charge in [-0.15, -0.1) is 0 Å². The number of benzene rings is 4. The lowest BCUT2D eigenvalue weighted by molar-refractivity contribution is -0.159. The van der Waals surface area contributed by atoms with E-state index in [0.717, 1.165) is 0 Å². The van der Waals surface area contributed by atoms with Crippen LogP contribution < -0.4 is 14.8 Å². The van der Waals surface area contributed by atoms with Crippen LogP contribution in [-0.4, -0.2) is 84.5 Å². The molecule has 286 valence electrons. The molecular weight excluding hydrogens is 718 g/mol. The summed E-state index contributed by atoms with van der Waals surface area (Å²) in [5.41, 5.74) is -1.34. The fourth-order valence-electron chi connectivity index (χ4n) is 7.49. The summed E-state index contributed by atoms with van der Waals surface area (Å²) < 4.78 is 19.0. The standard InChI is InChI=1S/C42H39N5O9/c1-54-30-17-13-28(14-18-30)42(27-11-7-4-8-12-27,29-15-19-31(55-2)20-16-29)36(51)37-41(53,32(48)21-22-34(49)50)23-33(56-37)47-25-45-35-38(43-24-44-39(35)47)46-40(52)26-9-5-3-6-10-26/h3-20,24-25,33,36-37,51,53H,21-23H2,1-2H3,(H,49,50)(H,43,44,46,52)/t33-,36?,37-,41-/m1/s1. The third-order valence-electron chi connectivity index (χ3n) is 10.3. The number of ketones is 1. The molecule has 56 heavy (non-hydrogen) atoms. The zero-order valence-corrected chi connectivity index (χ0v) is 30.5. The number of ether oxygens (including phenoxy) is 3. The van der Waals surface area contributed by atoms with Gasteiger partial charge in [-0.3, -0.25) is 19.0 Å². The molecule has 1 fully saturated rings. The molecule has 0 aliphatic carbocycles. The number of nitrogens with one attached hydrogen (secondary N) is 1. The third-order valence-corrected chi connectivity index (χ3v) is 10.3. The van der Waals surface area contributed by atoms with E-state index in [1.54, 1.807) is 78.9 Å². The Kier molecular flexibility index (Phi) is 10.6. The van der Waals surface area contributed by atoms with Gasteiger partial charge in [0.05, 0.1) is 32.4 Å². The number of aliphatic hydroxyl groups is 2. The molecule has 14 nitrogen and oxygen atoms in total. The number of aromatic nitrogens is 4. The number of anilines is 1. The second kappa shape index (κ2) is 15.7. The van der Waals surface area contributed by atoms with Crippen LogP contribution in [-0.2, 0) is 19.7 Å². The molecule has 1 unspecified atom stereocenters. The number of aliphatic carboxylic acids is 1. The molecule has 4 N–H and O–H groups in total. The summed E-state index contributed by atoms with van der Waals surface area (Å²) in [5.74, 6) is -1.24. The lowest BCUT2D eigenvalue weighted by atomic mass is 9.62. The van der Waals surface area contributed by atoms with E-state index in [2.05, 4.69) is 20.3 Å². The van der Waals surface area contributed by atoms with Crippen molar-refractivity contribution in [2.45, 2.75) is 48.7 Å². The van der Waals surface area contributed by atoms with Gasteiger partial charge in [0.1, 0.15) is 36.3 Å². The van der Waals surface area contributed by atoms with Crippen LogP contribution in [0.1, 0.15) is 52.5 Å². The quantitative estimate of drug-likeness (QED) is 0.110.